The van der Waals surface area contributed by atoms with Crippen LogP contribution in [0.2, 0.25) is 0 Å². The number of esters is 1. The predicted octanol–water partition coefficient (Wildman–Crippen LogP) is 1.04. The highest BCUT2D eigenvalue weighted by Gasteiger charge is 2.07. The Kier molecular flexibility index (Phi) is 4.26. The zero-order valence-electron chi connectivity index (χ0n) is 7.00. The van der Waals surface area contributed by atoms with E-state index in [4.69, 9.17) is 9.94 Å². The summed E-state index contributed by atoms with van der Waals surface area (Å²) >= 11 is 0. The van der Waals surface area contributed by atoms with Crippen LogP contribution in [0, 0.1) is 5.92 Å². The number of hydrogen-bond donors (Lipinski definition) is 1. The van der Waals surface area contributed by atoms with Gasteiger partial charge < -0.3 is 9.94 Å². The minimum atomic E-state index is -0.568. The van der Waals surface area contributed by atoms with Crippen molar-refractivity contribution >= 4 is 11.7 Å². The van der Waals surface area contributed by atoms with Crippen LogP contribution >= 0.6 is 0 Å². The number of hydrogen-bond acceptors (Lipinski definition) is 4. The standard InChI is InChI=1S/C7H13NO3/c1-5(2)4-11-7(9)6(3)8-10/h5,10H,4H2,1-3H3. The molecule has 0 heterocycles. The molecular formula is C7H13NO3. The summed E-state index contributed by atoms with van der Waals surface area (Å²) in [4.78, 5) is 10.8. The summed E-state index contributed by atoms with van der Waals surface area (Å²) in [6.07, 6.45) is 0. The van der Waals surface area contributed by atoms with Gasteiger partial charge in [-0.1, -0.05) is 19.0 Å². The fourth-order valence-electron chi connectivity index (χ4n) is 0.388. The quantitative estimate of drug-likeness (QED) is 0.289. The number of carbonyl (C=O) groups is 1. The monoisotopic (exact) mass is 159 g/mol. The number of ether oxygens (including phenoxy) is 1. The molecule has 0 atom stereocenters. The molecule has 0 amide bonds. The zero-order valence-corrected chi connectivity index (χ0v) is 7.00. The summed E-state index contributed by atoms with van der Waals surface area (Å²) in [6.45, 7) is 5.60. The molecule has 0 rings (SSSR count). The lowest BCUT2D eigenvalue weighted by Gasteiger charge is -2.04. The Morgan fingerprint density at radius 3 is 2.55 bits per heavy atom. The summed E-state index contributed by atoms with van der Waals surface area (Å²) < 4.78 is 4.73. The third-order valence-corrected chi connectivity index (χ3v) is 0.993. The number of nitrogens with zero attached hydrogens (tertiary/aromatic N) is 1. The van der Waals surface area contributed by atoms with E-state index in [1.807, 2.05) is 13.8 Å². The molecule has 0 spiro atoms. The first-order valence-corrected chi connectivity index (χ1v) is 3.43. The van der Waals surface area contributed by atoms with Crippen molar-refractivity contribution in [3.05, 3.63) is 0 Å². The van der Waals surface area contributed by atoms with Gasteiger partial charge in [-0.3, -0.25) is 0 Å². The molecule has 1 N–H and O–H groups in total. The molecule has 0 fully saturated rings. The van der Waals surface area contributed by atoms with Gasteiger partial charge in [0.1, 0.15) is 0 Å². The van der Waals surface area contributed by atoms with Gasteiger partial charge in [-0.2, -0.15) is 0 Å². The summed E-state index contributed by atoms with van der Waals surface area (Å²) in [5.41, 5.74) is -0.0225. The van der Waals surface area contributed by atoms with Gasteiger partial charge in [0.2, 0.25) is 0 Å². The van der Waals surface area contributed by atoms with Crippen LogP contribution < -0.4 is 0 Å². The molecule has 4 heteroatoms. The fourth-order valence-corrected chi connectivity index (χ4v) is 0.388. The highest BCUT2D eigenvalue weighted by molar-refractivity contribution is 6.35. The number of oxime groups is 1. The van der Waals surface area contributed by atoms with E-state index >= 15 is 0 Å². The topological polar surface area (TPSA) is 58.9 Å². The molecule has 0 aromatic heterocycles. The minimum absolute atomic E-state index is 0.0225. The molecule has 0 unspecified atom stereocenters. The van der Waals surface area contributed by atoms with Crippen LogP contribution in [0.25, 0.3) is 0 Å². The van der Waals surface area contributed by atoms with E-state index in [1.54, 1.807) is 0 Å². The van der Waals surface area contributed by atoms with E-state index in [0.717, 1.165) is 0 Å². The molecule has 0 bridgehead atoms. The van der Waals surface area contributed by atoms with Crippen molar-refractivity contribution in [1.29, 1.82) is 0 Å². The maximum Gasteiger partial charge on any atom is 0.355 e. The second-order valence-electron chi connectivity index (χ2n) is 2.68. The third-order valence-electron chi connectivity index (χ3n) is 0.993. The molecule has 0 aliphatic rings. The Bertz CT molecular complexity index is 163. The van der Waals surface area contributed by atoms with Gasteiger partial charge in [-0.05, 0) is 12.8 Å². The Balaban J connectivity index is 3.71. The summed E-state index contributed by atoms with van der Waals surface area (Å²) in [5, 5.41) is 10.9. The van der Waals surface area contributed by atoms with Crippen LogP contribution in [-0.2, 0) is 9.53 Å². The van der Waals surface area contributed by atoms with E-state index in [0.29, 0.717) is 12.5 Å². The third kappa shape index (κ3) is 4.36. The smallest absolute Gasteiger partial charge is 0.355 e. The van der Waals surface area contributed by atoms with Crippen molar-refractivity contribution in [2.24, 2.45) is 11.1 Å². The Labute approximate surface area is 65.8 Å². The minimum Gasteiger partial charge on any atom is -0.461 e. The lowest BCUT2D eigenvalue weighted by atomic mass is 10.2. The molecule has 4 nitrogen and oxygen atoms in total. The molecule has 0 aliphatic heterocycles. The normalized spacial score (nSPS) is 11.8. The van der Waals surface area contributed by atoms with E-state index in [1.165, 1.54) is 6.92 Å². The molecule has 0 saturated heterocycles. The Hall–Kier alpha value is -1.06. The van der Waals surface area contributed by atoms with E-state index in [-0.39, 0.29) is 5.71 Å². The first-order valence-electron chi connectivity index (χ1n) is 3.43. The second-order valence-corrected chi connectivity index (χ2v) is 2.68. The van der Waals surface area contributed by atoms with Crippen molar-refractivity contribution in [3.8, 4) is 0 Å². The average molecular weight is 159 g/mol. The van der Waals surface area contributed by atoms with Gasteiger partial charge in [0.25, 0.3) is 0 Å². The van der Waals surface area contributed by atoms with Crippen LogP contribution in [0.3, 0.4) is 0 Å². The van der Waals surface area contributed by atoms with Crippen LogP contribution in [0.1, 0.15) is 20.8 Å². The second kappa shape index (κ2) is 4.71. The highest BCUT2D eigenvalue weighted by atomic mass is 16.5. The van der Waals surface area contributed by atoms with Crippen molar-refractivity contribution in [3.63, 3.8) is 0 Å². The fraction of sp³-hybridized carbons (Fsp3) is 0.714. The van der Waals surface area contributed by atoms with Gasteiger partial charge in [-0.15, -0.1) is 0 Å². The van der Waals surface area contributed by atoms with Crippen LogP contribution in [0.15, 0.2) is 5.16 Å². The summed E-state index contributed by atoms with van der Waals surface area (Å²) in [5.74, 6) is -0.272. The summed E-state index contributed by atoms with van der Waals surface area (Å²) in [6, 6.07) is 0. The van der Waals surface area contributed by atoms with Crippen LogP contribution in [0.5, 0.6) is 0 Å². The van der Waals surface area contributed by atoms with E-state index in [2.05, 4.69) is 5.16 Å². The van der Waals surface area contributed by atoms with Crippen molar-refractivity contribution in [2.75, 3.05) is 6.61 Å². The molecule has 0 aromatic carbocycles. The average Bonchev–Trinajstić information content (AvgIpc) is 1.98. The van der Waals surface area contributed by atoms with Crippen molar-refractivity contribution in [2.45, 2.75) is 20.8 Å². The Morgan fingerprint density at radius 1 is 1.64 bits per heavy atom. The Morgan fingerprint density at radius 2 is 2.18 bits per heavy atom. The van der Waals surface area contributed by atoms with Gasteiger partial charge in [0.15, 0.2) is 5.71 Å². The molecule has 0 saturated carbocycles. The van der Waals surface area contributed by atoms with Gasteiger partial charge in [0.05, 0.1) is 6.61 Å². The van der Waals surface area contributed by atoms with Gasteiger partial charge in [-0.25, -0.2) is 4.79 Å². The molecule has 64 valence electrons. The number of carbonyl (C=O) groups excluding carboxylic acids is 1. The molecule has 11 heavy (non-hydrogen) atoms. The first-order chi connectivity index (χ1) is 5.07. The highest BCUT2D eigenvalue weighted by Crippen LogP contribution is 1.93. The zero-order chi connectivity index (χ0) is 8.85. The lowest BCUT2D eigenvalue weighted by molar-refractivity contribution is -0.136. The van der Waals surface area contributed by atoms with Crippen LogP contribution in [0.4, 0.5) is 0 Å². The SMILES string of the molecule is CC(=NO)C(=O)OCC(C)C. The molecule has 0 aromatic rings. The predicted molar refractivity (Wildman–Crippen MR) is 40.7 cm³/mol. The molecule has 0 aliphatic carbocycles. The molecular weight excluding hydrogens is 146 g/mol. The maximum atomic E-state index is 10.8. The summed E-state index contributed by atoms with van der Waals surface area (Å²) in [7, 11) is 0. The van der Waals surface area contributed by atoms with Gasteiger partial charge >= 0.3 is 5.97 Å². The first kappa shape index (κ1) is 9.94. The van der Waals surface area contributed by atoms with Gasteiger partial charge in [0, 0.05) is 0 Å². The molecule has 0 radical (unpaired) electrons. The van der Waals surface area contributed by atoms with Crippen molar-refractivity contribution < 1.29 is 14.7 Å². The van der Waals surface area contributed by atoms with Crippen LogP contribution in [-0.4, -0.2) is 23.5 Å². The van der Waals surface area contributed by atoms with E-state index < -0.39 is 5.97 Å². The van der Waals surface area contributed by atoms with E-state index in [9.17, 15) is 4.79 Å². The lowest BCUT2D eigenvalue weighted by Crippen LogP contribution is -2.17. The maximum absolute atomic E-state index is 10.8. The van der Waals surface area contributed by atoms with Crippen molar-refractivity contribution in [1.82, 2.24) is 0 Å². The number of rotatable bonds is 3. The largest absolute Gasteiger partial charge is 0.461 e.